The molecule has 1 amide bonds. The first-order valence-corrected chi connectivity index (χ1v) is 7.21. The number of anilines is 1. The van der Waals surface area contributed by atoms with Crippen molar-refractivity contribution in [2.75, 3.05) is 5.73 Å². The molecular formula is C15H15N3OS. The quantitative estimate of drug-likeness (QED) is 0.863. The van der Waals surface area contributed by atoms with Crippen LogP contribution in [0.1, 0.15) is 21.7 Å². The zero-order valence-corrected chi connectivity index (χ0v) is 12.0. The molecule has 0 saturated carbocycles. The lowest BCUT2D eigenvalue weighted by Crippen LogP contribution is -2.23. The van der Waals surface area contributed by atoms with Gasteiger partial charge in [-0.15, -0.1) is 11.3 Å². The van der Waals surface area contributed by atoms with Crippen LogP contribution in [0.4, 0.5) is 5.13 Å². The second-order valence-corrected chi connectivity index (χ2v) is 5.98. The number of benzene rings is 1. The minimum Gasteiger partial charge on any atom is -0.375 e. The molecule has 0 saturated heterocycles. The summed E-state index contributed by atoms with van der Waals surface area (Å²) >= 11 is 1.46. The maximum atomic E-state index is 12.1. The highest BCUT2D eigenvalue weighted by Crippen LogP contribution is 2.29. The van der Waals surface area contributed by atoms with Crippen LogP contribution in [0, 0.1) is 6.92 Å². The fraction of sp³-hybridized carbons (Fsp3) is 0.200. The van der Waals surface area contributed by atoms with Gasteiger partial charge in [0.2, 0.25) is 5.91 Å². The number of hydrogen-bond donors (Lipinski definition) is 1. The Morgan fingerprint density at radius 3 is 2.80 bits per heavy atom. The molecular weight excluding hydrogens is 270 g/mol. The summed E-state index contributed by atoms with van der Waals surface area (Å²) in [4.78, 5) is 19.2. The molecule has 0 unspecified atom stereocenters. The predicted octanol–water partition coefficient (Wildman–Crippen LogP) is 2.59. The summed E-state index contributed by atoms with van der Waals surface area (Å²) in [7, 11) is 0. The first-order chi connectivity index (χ1) is 9.61. The van der Waals surface area contributed by atoms with Crippen LogP contribution in [0.25, 0.3) is 6.08 Å². The minimum atomic E-state index is 0.00865. The lowest BCUT2D eigenvalue weighted by molar-refractivity contribution is -0.126. The van der Waals surface area contributed by atoms with Crippen LogP contribution in [-0.4, -0.2) is 15.8 Å². The van der Waals surface area contributed by atoms with E-state index in [0.717, 1.165) is 16.1 Å². The molecule has 20 heavy (non-hydrogen) atoms. The molecule has 0 fully saturated rings. The summed E-state index contributed by atoms with van der Waals surface area (Å²) in [5, 5.41) is 0.581. The molecule has 1 aromatic heterocycles. The second kappa shape index (κ2) is 5.09. The van der Waals surface area contributed by atoms with Crippen LogP contribution in [0.2, 0.25) is 0 Å². The monoisotopic (exact) mass is 285 g/mol. The third-order valence-electron chi connectivity index (χ3n) is 3.28. The van der Waals surface area contributed by atoms with Gasteiger partial charge >= 0.3 is 0 Å². The summed E-state index contributed by atoms with van der Waals surface area (Å²) in [6.45, 7) is 3.21. The van der Waals surface area contributed by atoms with Gasteiger partial charge in [0, 0.05) is 6.08 Å². The molecule has 0 atom stereocenters. The smallest absolute Gasteiger partial charge is 0.247 e. The number of nitrogens with two attached hydrogens (primary N) is 1. The predicted molar refractivity (Wildman–Crippen MR) is 81.0 cm³/mol. The number of nitrogen functional groups attached to an aromatic ring is 1. The van der Waals surface area contributed by atoms with E-state index in [0.29, 0.717) is 18.2 Å². The number of rotatable bonds is 2. The summed E-state index contributed by atoms with van der Waals surface area (Å²) in [5.74, 6) is 0.00865. The molecule has 102 valence electrons. The summed E-state index contributed by atoms with van der Waals surface area (Å²) in [5.41, 5.74) is 8.82. The van der Waals surface area contributed by atoms with E-state index in [1.54, 1.807) is 11.0 Å². The van der Waals surface area contributed by atoms with Crippen molar-refractivity contribution in [2.45, 2.75) is 20.0 Å². The van der Waals surface area contributed by atoms with Crippen molar-refractivity contribution < 1.29 is 4.79 Å². The van der Waals surface area contributed by atoms with E-state index in [1.165, 1.54) is 16.9 Å². The van der Waals surface area contributed by atoms with Crippen LogP contribution in [0.3, 0.4) is 0 Å². The Hall–Kier alpha value is -2.14. The number of amides is 1. The molecule has 0 spiro atoms. The average molecular weight is 285 g/mol. The zero-order valence-electron chi connectivity index (χ0n) is 11.2. The average Bonchev–Trinajstić information content (AvgIpc) is 2.95. The number of fused-ring (bicyclic) bond motifs is 1. The SMILES string of the molecule is Cc1ccc(/C=C/C(=O)N2Cc3nc(N)sc3C2)cc1. The van der Waals surface area contributed by atoms with Gasteiger partial charge in [0.05, 0.1) is 23.7 Å². The lowest BCUT2D eigenvalue weighted by Gasteiger charge is -2.12. The van der Waals surface area contributed by atoms with E-state index in [1.807, 2.05) is 37.3 Å². The van der Waals surface area contributed by atoms with Crippen LogP contribution in [0.5, 0.6) is 0 Å². The molecule has 4 nitrogen and oxygen atoms in total. The molecule has 1 aliphatic rings. The highest BCUT2D eigenvalue weighted by atomic mass is 32.1. The first-order valence-electron chi connectivity index (χ1n) is 6.39. The van der Waals surface area contributed by atoms with Crippen LogP contribution in [0.15, 0.2) is 30.3 Å². The molecule has 2 aromatic rings. The van der Waals surface area contributed by atoms with Crippen LogP contribution in [-0.2, 0) is 17.9 Å². The molecule has 0 bridgehead atoms. The lowest BCUT2D eigenvalue weighted by atomic mass is 10.1. The first kappa shape index (κ1) is 12.9. The van der Waals surface area contributed by atoms with Gasteiger partial charge in [-0.1, -0.05) is 29.8 Å². The van der Waals surface area contributed by atoms with Crippen molar-refractivity contribution in [2.24, 2.45) is 0 Å². The van der Waals surface area contributed by atoms with Gasteiger partial charge < -0.3 is 10.6 Å². The van der Waals surface area contributed by atoms with Crippen molar-refractivity contribution in [1.29, 1.82) is 0 Å². The van der Waals surface area contributed by atoms with E-state index >= 15 is 0 Å². The Morgan fingerprint density at radius 2 is 2.10 bits per heavy atom. The Labute approximate surface area is 121 Å². The van der Waals surface area contributed by atoms with E-state index in [4.69, 9.17) is 5.73 Å². The number of carbonyl (C=O) groups is 1. The fourth-order valence-electron chi connectivity index (χ4n) is 2.17. The van der Waals surface area contributed by atoms with Gasteiger partial charge in [-0.05, 0) is 18.6 Å². The minimum absolute atomic E-state index is 0.00865. The zero-order chi connectivity index (χ0) is 14.1. The van der Waals surface area contributed by atoms with Crippen molar-refractivity contribution in [3.63, 3.8) is 0 Å². The summed E-state index contributed by atoms with van der Waals surface area (Å²) < 4.78 is 0. The Morgan fingerprint density at radius 1 is 1.35 bits per heavy atom. The van der Waals surface area contributed by atoms with Gasteiger partial charge in [0.15, 0.2) is 5.13 Å². The van der Waals surface area contributed by atoms with E-state index in [9.17, 15) is 4.79 Å². The van der Waals surface area contributed by atoms with E-state index in [-0.39, 0.29) is 5.91 Å². The van der Waals surface area contributed by atoms with Crippen molar-refractivity contribution in [1.82, 2.24) is 9.88 Å². The fourth-order valence-corrected chi connectivity index (χ4v) is 3.02. The molecule has 5 heteroatoms. The number of nitrogens with zero attached hydrogens (tertiary/aromatic N) is 2. The molecule has 1 aliphatic heterocycles. The van der Waals surface area contributed by atoms with E-state index in [2.05, 4.69) is 4.98 Å². The van der Waals surface area contributed by atoms with Crippen molar-refractivity contribution in [3.05, 3.63) is 52.0 Å². The molecule has 0 radical (unpaired) electrons. The molecule has 2 heterocycles. The largest absolute Gasteiger partial charge is 0.375 e. The topological polar surface area (TPSA) is 59.2 Å². The van der Waals surface area contributed by atoms with Gasteiger partial charge in [-0.25, -0.2) is 4.98 Å². The highest BCUT2D eigenvalue weighted by Gasteiger charge is 2.25. The Bertz CT molecular complexity index is 649. The third kappa shape index (κ3) is 2.58. The third-order valence-corrected chi connectivity index (χ3v) is 4.19. The van der Waals surface area contributed by atoms with E-state index < -0.39 is 0 Å². The Balaban J connectivity index is 1.66. The van der Waals surface area contributed by atoms with Gasteiger partial charge in [-0.3, -0.25) is 4.79 Å². The van der Waals surface area contributed by atoms with Crippen molar-refractivity contribution >= 4 is 28.5 Å². The Kier molecular flexibility index (Phi) is 3.28. The van der Waals surface area contributed by atoms with Gasteiger partial charge in [-0.2, -0.15) is 0 Å². The number of thiazole rings is 1. The van der Waals surface area contributed by atoms with Crippen LogP contribution < -0.4 is 5.73 Å². The standard InChI is InChI=1S/C15H15N3OS/c1-10-2-4-11(5-3-10)6-7-14(19)18-8-12-13(9-18)20-15(16)17-12/h2-7H,8-9H2,1H3,(H2,16,17)/b7-6+. The van der Waals surface area contributed by atoms with Crippen molar-refractivity contribution in [3.8, 4) is 0 Å². The van der Waals surface area contributed by atoms with Gasteiger partial charge in [0.1, 0.15) is 0 Å². The normalized spacial score (nSPS) is 13.9. The summed E-state index contributed by atoms with van der Waals surface area (Å²) in [6, 6.07) is 8.07. The van der Waals surface area contributed by atoms with Gasteiger partial charge in [0.25, 0.3) is 0 Å². The number of carbonyl (C=O) groups excluding carboxylic acids is 1. The molecule has 2 N–H and O–H groups in total. The summed E-state index contributed by atoms with van der Waals surface area (Å²) in [6.07, 6.45) is 3.46. The number of aromatic nitrogens is 1. The maximum Gasteiger partial charge on any atom is 0.247 e. The molecule has 0 aliphatic carbocycles. The number of aryl methyl sites for hydroxylation is 1. The van der Waals surface area contributed by atoms with Crippen LogP contribution >= 0.6 is 11.3 Å². The number of hydrogen-bond acceptors (Lipinski definition) is 4. The maximum absolute atomic E-state index is 12.1. The second-order valence-electron chi connectivity index (χ2n) is 4.86. The highest BCUT2D eigenvalue weighted by molar-refractivity contribution is 7.15. The molecule has 1 aromatic carbocycles. The molecule has 3 rings (SSSR count).